The SMILES string of the molecule is Cc1ccc2[nH]c(=O)c(CN(Cc3nnnn3CCc3ccccc3)CC3CCCO3)cc2c1. The second-order valence-electron chi connectivity index (χ2n) is 9.07. The summed E-state index contributed by atoms with van der Waals surface area (Å²) in [6.45, 7) is 5.34. The van der Waals surface area contributed by atoms with Crippen molar-refractivity contribution < 1.29 is 4.74 Å². The molecular weight excluding hydrogens is 428 g/mol. The van der Waals surface area contributed by atoms with Crippen LogP contribution in [0.15, 0.2) is 59.4 Å². The molecule has 1 fully saturated rings. The fourth-order valence-electron chi connectivity index (χ4n) is 4.58. The molecule has 0 radical (unpaired) electrons. The van der Waals surface area contributed by atoms with Crippen LogP contribution in [0.5, 0.6) is 0 Å². The summed E-state index contributed by atoms with van der Waals surface area (Å²) >= 11 is 0. The number of aromatic nitrogens is 5. The average molecular weight is 459 g/mol. The van der Waals surface area contributed by atoms with Crippen LogP contribution in [-0.4, -0.2) is 49.3 Å². The smallest absolute Gasteiger partial charge is 0.252 e. The molecule has 8 heteroatoms. The summed E-state index contributed by atoms with van der Waals surface area (Å²) < 4.78 is 7.77. The molecule has 0 saturated carbocycles. The number of pyridine rings is 1. The number of rotatable bonds is 9. The number of nitrogens with zero attached hydrogens (tertiary/aromatic N) is 5. The molecule has 0 aliphatic carbocycles. The largest absolute Gasteiger partial charge is 0.377 e. The molecule has 0 amide bonds. The molecule has 1 unspecified atom stereocenters. The number of nitrogens with one attached hydrogen (secondary N) is 1. The minimum atomic E-state index is -0.0580. The van der Waals surface area contributed by atoms with Crippen molar-refractivity contribution in [2.24, 2.45) is 0 Å². The van der Waals surface area contributed by atoms with Crippen molar-refractivity contribution in [2.75, 3.05) is 13.2 Å². The lowest BCUT2D eigenvalue weighted by Gasteiger charge is -2.24. The number of aromatic amines is 1. The van der Waals surface area contributed by atoms with Gasteiger partial charge in [-0.15, -0.1) is 5.10 Å². The van der Waals surface area contributed by atoms with Crippen molar-refractivity contribution in [1.29, 1.82) is 0 Å². The Bertz CT molecular complexity index is 1290. The summed E-state index contributed by atoms with van der Waals surface area (Å²) in [6, 6.07) is 18.4. The standard InChI is InChI=1S/C26H30N6O2/c1-19-9-10-24-21(14-19)15-22(26(33)27-24)16-31(17-23-8-5-13-34-23)18-25-28-29-30-32(25)12-11-20-6-3-2-4-7-20/h2-4,6-7,9-10,14-15,23H,5,8,11-13,16-18H2,1H3,(H,27,33). The maximum atomic E-state index is 12.9. The maximum Gasteiger partial charge on any atom is 0.252 e. The Morgan fingerprint density at radius 2 is 2.03 bits per heavy atom. The summed E-state index contributed by atoms with van der Waals surface area (Å²) in [6.07, 6.45) is 3.12. The first-order valence-electron chi connectivity index (χ1n) is 11.9. The highest BCUT2D eigenvalue weighted by atomic mass is 16.5. The number of benzene rings is 2. The van der Waals surface area contributed by atoms with Crippen molar-refractivity contribution >= 4 is 10.9 Å². The molecule has 3 heterocycles. The Labute approximate surface area is 198 Å². The van der Waals surface area contributed by atoms with Crippen molar-refractivity contribution in [2.45, 2.75) is 51.9 Å². The van der Waals surface area contributed by atoms with Crippen molar-refractivity contribution in [3.63, 3.8) is 0 Å². The Kier molecular flexibility index (Phi) is 6.78. The molecule has 0 bridgehead atoms. The topological polar surface area (TPSA) is 88.9 Å². The molecule has 1 aliphatic heterocycles. The Morgan fingerprint density at radius 1 is 1.15 bits per heavy atom. The van der Waals surface area contributed by atoms with Crippen LogP contribution >= 0.6 is 0 Å². The predicted octanol–water partition coefficient (Wildman–Crippen LogP) is 3.25. The fourth-order valence-corrected chi connectivity index (χ4v) is 4.58. The molecule has 1 aliphatic rings. The van der Waals surface area contributed by atoms with Gasteiger partial charge in [-0.05, 0) is 65.8 Å². The van der Waals surface area contributed by atoms with E-state index in [1.807, 2.05) is 41.1 Å². The molecule has 176 valence electrons. The normalized spacial score (nSPS) is 16.0. The van der Waals surface area contributed by atoms with Crippen LogP contribution in [0.3, 0.4) is 0 Å². The molecule has 4 aromatic rings. The summed E-state index contributed by atoms with van der Waals surface area (Å²) in [5, 5.41) is 13.5. The van der Waals surface area contributed by atoms with Gasteiger partial charge in [0.15, 0.2) is 5.82 Å². The van der Waals surface area contributed by atoms with E-state index in [9.17, 15) is 4.79 Å². The molecule has 5 rings (SSSR count). The second-order valence-corrected chi connectivity index (χ2v) is 9.07. The zero-order valence-corrected chi connectivity index (χ0v) is 19.5. The number of H-pyrrole nitrogens is 1. The molecule has 1 saturated heterocycles. The van der Waals surface area contributed by atoms with Crippen LogP contribution in [0.2, 0.25) is 0 Å². The molecule has 1 N–H and O–H groups in total. The van der Waals surface area contributed by atoms with E-state index in [4.69, 9.17) is 4.74 Å². The molecule has 2 aromatic heterocycles. The molecule has 1 atom stereocenters. The average Bonchev–Trinajstić information content (AvgIpc) is 3.51. The highest BCUT2D eigenvalue weighted by Gasteiger charge is 2.22. The fraction of sp³-hybridized carbons (Fsp3) is 0.385. The van der Waals surface area contributed by atoms with Crippen molar-refractivity contribution in [3.8, 4) is 0 Å². The number of aryl methyl sites for hydroxylation is 3. The van der Waals surface area contributed by atoms with Gasteiger partial charge in [-0.25, -0.2) is 4.68 Å². The second kappa shape index (κ2) is 10.3. The number of fused-ring (bicyclic) bond motifs is 1. The zero-order chi connectivity index (χ0) is 23.3. The third-order valence-corrected chi connectivity index (χ3v) is 6.38. The quantitative estimate of drug-likeness (QED) is 0.414. The lowest BCUT2D eigenvalue weighted by Crippen LogP contribution is -2.34. The van der Waals surface area contributed by atoms with Gasteiger partial charge in [-0.2, -0.15) is 0 Å². The van der Waals surface area contributed by atoms with Gasteiger partial charge in [-0.1, -0.05) is 42.0 Å². The van der Waals surface area contributed by atoms with Gasteiger partial charge in [0.1, 0.15) is 0 Å². The molecule has 8 nitrogen and oxygen atoms in total. The van der Waals surface area contributed by atoms with Gasteiger partial charge in [0.05, 0.1) is 12.6 Å². The van der Waals surface area contributed by atoms with E-state index in [1.165, 1.54) is 11.1 Å². The highest BCUT2D eigenvalue weighted by molar-refractivity contribution is 5.79. The Morgan fingerprint density at radius 3 is 2.85 bits per heavy atom. The molecule has 0 spiro atoms. The van der Waals surface area contributed by atoms with Crippen molar-refractivity contribution in [1.82, 2.24) is 30.1 Å². The van der Waals surface area contributed by atoms with E-state index in [0.717, 1.165) is 54.7 Å². The highest BCUT2D eigenvalue weighted by Crippen LogP contribution is 2.18. The van der Waals surface area contributed by atoms with E-state index < -0.39 is 0 Å². The summed E-state index contributed by atoms with van der Waals surface area (Å²) in [5.41, 5.74) is 3.95. The van der Waals surface area contributed by atoms with Gasteiger partial charge < -0.3 is 9.72 Å². The number of tetrazole rings is 1. The van der Waals surface area contributed by atoms with Gasteiger partial charge in [0.2, 0.25) is 0 Å². The van der Waals surface area contributed by atoms with E-state index in [1.54, 1.807) is 0 Å². The summed E-state index contributed by atoms with van der Waals surface area (Å²) in [4.78, 5) is 18.1. The van der Waals surface area contributed by atoms with Crippen LogP contribution in [0.25, 0.3) is 10.9 Å². The maximum absolute atomic E-state index is 12.9. The third kappa shape index (κ3) is 5.40. The first-order chi connectivity index (χ1) is 16.6. The monoisotopic (exact) mass is 458 g/mol. The Hall–Kier alpha value is -3.36. The van der Waals surface area contributed by atoms with Crippen LogP contribution < -0.4 is 5.56 Å². The number of ether oxygens (including phenoxy) is 1. The number of hydrogen-bond donors (Lipinski definition) is 1. The number of hydrogen-bond acceptors (Lipinski definition) is 6. The van der Waals surface area contributed by atoms with Crippen LogP contribution in [0.4, 0.5) is 0 Å². The lowest BCUT2D eigenvalue weighted by atomic mass is 10.1. The van der Waals surface area contributed by atoms with Gasteiger partial charge in [0, 0.05) is 37.3 Å². The van der Waals surface area contributed by atoms with Crippen LogP contribution in [0, 0.1) is 6.92 Å². The van der Waals surface area contributed by atoms with Crippen LogP contribution in [0.1, 0.15) is 35.4 Å². The molecule has 34 heavy (non-hydrogen) atoms. The van der Waals surface area contributed by atoms with Gasteiger partial charge >= 0.3 is 0 Å². The van der Waals surface area contributed by atoms with E-state index in [0.29, 0.717) is 19.6 Å². The van der Waals surface area contributed by atoms with E-state index >= 15 is 0 Å². The first kappa shape index (κ1) is 22.4. The van der Waals surface area contributed by atoms with Crippen molar-refractivity contribution in [3.05, 3.63) is 87.5 Å². The Balaban J connectivity index is 1.36. The molecule has 2 aromatic carbocycles. The molecular formula is C26H30N6O2. The summed E-state index contributed by atoms with van der Waals surface area (Å²) in [7, 11) is 0. The minimum absolute atomic E-state index is 0.0580. The van der Waals surface area contributed by atoms with Crippen LogP contribution in [-0.2, 0) is 30.8 Å². The predicted molar refractivity (Wildman–Crippen MR) is 130 cm³/mol. The summed E-state index contributed by atoms with van der Waals surface area (Å²) in [5.74, 6) is 0.794. The lowest BCUT2D eigenvalue weighted by molar-refractivity contribution is 0.0663. The first-order valence-corrected chi connectivity index (χ1v) is 11.9. The third-order valence-electron chi connectivity index (χ3n) is 6.38. The van der Waals surface area contributed by atoms with Gasteiger partial charge in [0.25, 0.3) is 5.56 Å². The van der Waals surface area contributed by atoms with E-state index in [-0.39, 0.29) is 11.7 Å². The van der Waals surface area contributed by atoms with Gasteiger partial charge in [-0.3, -0.25) is 9.69 Å². The zero-order valence-electron chi connectivity index (χ0n) is 19.5. The minimum Gasteiger partial charge on any atom is -0.377 e. The van der Waals surface area contributed by atoms with E-state index in [2.05, 4.69) is 50.5 Å².